The molecule has 2 atom stereocenters. The number of aliphatic imine (C=N–C) groups is 1. The second kappa shape index (κ2) is 9.13. The number of nitrogens with zero attached hydrogens (tertiary/aromatic N) is 1. The second-order valence-electron chi connectivity index (χ2n) is 6.48. The van der Waals surface area contributed by atoms with E-state index in [1.807, 2.05) is 11.8 Å². The standard InChI is InChI=1S/C15H30N4O2S2/c1-16-15(19-13-6-7-14(10-13)22-2)17-8-9-23(20,21)18-11-12-4-3-5-12/h12-14,18H,3-11H2,1-2H3,(H2,16,17,19). The molecule has 0 bridgehead atoms. The smallest absolute Gasteiger partial charge is 0.213 e. The first kappa shape index (κ1) is 18.9. The van der Waals surface area contributed by atoms with Crippen LogP contribution in [0.3, 0.4) is 0 Å². The van der Waals surface area contributed by atoms with Crippen molar-refractivity contribution in [1.82, 2.24) is 15.4 Å². The van der Waals surface area contributed by atoms with Crippen LogP contribution in [0.25, 0.3) is 0 Å². The van der Waals surface area contributed by atoms with E-state index in [1.165, 1.54) is 12.8 Å². The lowest BCUT2D eigenvalue weighted by atomic mass is 9.86. The molecule has 0 aromatic rings. The SMILES string of the molecule is CN=C(NCCS(=O)(=O)NCC1CCC1)NC1CCC(SC)C1. The average Bonchev–Trinajstić information content (AvgIpc) is 2.92. The number of guanidine groups is 1. The summed E-state index contributed by atoms with van der Waals surface area (Å²) < 4.78 is 26.6. The van der Waals surface area contributed by atoms with Gasteiger partial charge in [-0.1, -0.05) is 6.42 Å². The highest BCUT2D eigenvalue weighted by molar-refractivity contribution is 7.99. The third-order valence-corrected chi connectivity index (χ3v) is 7.21. The van der Waals surface area contributed by atoms with Gasteiger partial charge in [0.25, 0.3) is 0 Å². The van der Waals surface area contributed by atoms with Crippen LogP contribution in [0.5, 0.6) is 0 Å². The Balaban J connectivity index is 1.64. The Labute approximate surface area is 144 Å². The molecule has 0 radical (unpaired) electrons. The van der Waals surface area contributed by atoms with Crippen LogP contribution in [-0.2, 0) is 10.0 Å². The summed E-state index contributed by atoms with van der Waals surface area (Å²) in [6.07, 6.45) is 9.20. The maximum absolute atomic E-state index is 12.0. The van der Waals surface area contributed by atoms with Gasteiger partial charge >= 0.3 is 0 Å². The van der Waals surface area contributed by atoms with Crippen LogP contribution in [0.2, 0.25) is 0 Å². The number of hydrogen-bond acceptors (Lipinski definition) is 4. The molecule has 0 heterocycles. The summed E-state index contributed by atoms with van der Waals surface area (Å²) in [5, 5.41) is 7.23. The van der Waals surface area contributed by atoms with Gasteiger partial charge in [-0.3, -0.25) is 4.99 Å². The normalized spacial score (nSPS) is 26.1. The molecule has 0 aromatic heterocycles. The molecule has 0 aromatic carbocycles. The van der Waals surface area contributed by atoms with Crippen LogP contribution in [0.1, 0.15) is 38.5 Å². The maximum atomic E-state index is 12.0. The minimum atomic E-state index is -3.20. The number of thioether (sulfide) groups is 1. The summed E-state index contributed by atoms with van der Waals surface area (Å²) in [6, 6.07) is 0.437. The molecule has 0 aliphatic heterocycles. The Morgan fingerprint density at radius 3 is 2.61 bits per heavy atom. The fourth-order valence-corrected chi connectivity index (χ4v) is 4.79. The zero-order chi connectivity index (χ0) is 16.7. The van der Waals surface area contributed by atoms with Crippen molar-refractivity contribution >= 4 is 27.7 Å². The molecule has 8 heteroatoms. The first-order chi connectivity index (χ1) is 11.0. The van der Waals surface area contributed by atoms with Crippen molar-refractivity contribution in [2.45, 2.75) is 49.8 Å². The largest absolute Gasteiger partial charge is 0.355 e. The van der Waals surface area contributed by atoms with E-state index in [2.05, 4.69) is 26.6 Å². The van der Waals surface area contributed by atoms with Crippen LogP contribution in [-0.4, -0.2) is 57.8 Å². The average molecular weight is 363 g/mol. The van der Waals surface area contributed by atoms with Gasteiger partial charge in [0.15, 0.2) is 5.96 Å². The van der Waals surface area contributed by atoms with E-state index >= 15 is 0 Å². The highest BCUT2D eigenvalue weighted by Gasteiger charge is 2.24. The quantitative estimate of drug-likeness (QED) is 0.446. The maximum Gasteiger partial charge on any atom is 0.213 e. The zero-order valence-electron chi connectivity index (χ0n) is 14.2. The number of sulfonamides is 1. The van der Waals surface area contributed by atoms with Crippen molar-refractivity contribution in [3.05, 3.63) is 0 Å². The van der Waals surface area contributed by atoms with Crippen molar-refractivity contribution in [3.63, 3.8) is 0 Å². The highest BCUT2D eigenvalue weighted by Crippen LogP contribution is 2.28. The van der Waals surface area contributed by atoms with E-state index in [1.54, 1.807) is 7.05 Å². The molecular formula is C15H30N4O2S2. The number of nitrogens with one attached hydrogen (secondary N) is 3. The number of rotatable bonds is 8. The van der Waals surface area contributed by atoms with Crippen LogP contribution in [0.15, 0.2) is 4.99 Å². The molecule has 2 saturated carbocycles. The first-order valence-corrected chi connectivity index (χ1v) is 11.4. The van der Waals surface area contributed by atoms with Crippen LogP contribution < -0.4 is 15.4 Å². The summed E-state index contributed by atoms with van der Waals surface area (Å²) in [6.45, 7) is 0.964. The summed E-state index contributed by atoms with van der Waals surface area (Å²) in [5.74, 6) is 1.32. The Morgan fingerprint density at radius 1 is 1.26 bits per heavy atom. The Morgan fingerprint density at radius 2 is 2.04 bits per heavy atom. The van der Waals surface area contributed by atoms with Crippen molar-refractivity contribution in [2.75, 3.05) is 32.1 Å². The molecule has 134 valence electrons. The Kier molecular flexibility index (Phi) is 7.49. The number of hydrogen-bond donors (Lipinski definition) is 3. The molecule has 0 spiro atoms. The zero-order valence-corrected chi connectivity index (χ0v) is 15.8. The molecule has 3 N–H and O–H groups in total. The van der Waals surface area contributed by atoms with E-state index in [-0.39, 0.29) is 5.75 Å². The molecule has 0 saturated heterocycles. The van der Waals surface area contributed by atoms with Crippen LogP contribution in [0.4, 0.5) is 0 Å². The predicted molar refractivity (Wildman–Crippen MR) is 98.6 cm³/mol. The molecule has 23 heavy (non-hydrogen) atoms. The fourth-order valence-electron chi connectivity index (χ4n) is 2.99. The summed E-state index contributed by atoms with van der Waals surface area (Å²) in [4.78, 5) is 4.19. The highest BCUT2D eigenvalue weighted by atomic mass is 32.2. The molecule has 2 unspecified atom stereocenters. The van der Waals surface area contributed by atoms with Gasteiger partial charge in [0.1, 0.15) is 0 Å². The van der Waals surface area contributed by atoms with E-state index in [9.17, 15) is 8.42 Å². The monoisotopic (exact) mass is 362 g/mol. The third kappa shape index (κ3) is 6.51. The van der Waals surface area contributed by atoms with Gasteiger partial charge in [0, 0.05) is 31.4 Å². The summed E-state index contributed by atoms with van der Waals surface area (Å²) in [7, 11) is -1.47. The van der Waals surface area contributed by atoms with Crippen molar-refractivity contribution < 1.29 is 8.42 Å². The molecular weight excluding hydrogens is 332 g/mol. The van der Waals surface area contributed by atoms with Crippen molar-refractivity contribution in [2.24, 2.45) is 10.9 Å². The third-order valence-electron chi connectivity index (χ3n) is 4.76. The van der Waals surface area contributed by atoms with E-state index in [0.29, 0.717) is 31.0 Å². The van der Waals surface area contributed by atoms with Gasteiger partial charge in [-0.05, 0) is 44.3 Å². The molecule has 2 aliphatic carbocycles. The van der Waals surface area contributed by atoms with Crippen molar-refractivity contribution in [1.29, 1.82) is 0 Å². The molecule has 2 rings (SSSR count). The topological polar surface area (TPSA) is 82.6 Å². The lowest BCUT2D eigenvalue weighted by Crippen LogP contribution is -2.45. The predicted octanol–water partition coefficient (Wildman–Crippen LogP) is 1.16. The van der Waals surface area contributed by atoms with Gasteiger partial charge in [-0.25, -0.2) is 13.1 Å². The van der Waals surface area contributed by atoms with E-state index in [0.717, 1.165) is 30.9 Å². The van der Waals surface area contributed by atoms with Gasteiger partial charge < -0.3 is 10.6 Å². The van der Waals surface area contributed by atoms with Gasteiger partial charge in [-0.2, -0.15) is 11.8 Å². The second-order valence-corrected chi connectivity index (χ2v) is 9.54. The minimum Gasteiger partial charge on any atom is -0.355 e. The Bertz CT molecular complexity index is 492. The molecule has 6 nitrogen and oxygen atoms in total. The summed E-state index contributed by atoms with van der Waals surface area (Å²) in [5.41, 5.74) is 0. The van der Waals surface area contributed by atoms with Crippen molar-refractivity contribution in [3.8, 4) is 0 Å². The lowest BCUT2D eigenvalue weighted by molar-refractivity contribution is 0.316. The lowest BCUT2D eigenvalue weighted by Gasteiger charge is -2.25. The first-order valence-electron chi connectivity index (χ1n) is 8.49. The molecule has 2 fully saturated rings. The van der Waals surface area contributed by atoms with Gasteiger partial charge in [-0.15, -0.1) is 0 Å². The Hall–Kier alpha value is -0.470. The van der Waals surface area contributed by atoms with E-state index in [4.69, 9.17) is 0 Å². The van der Waals surface area contributed by atoms with Crippen LogP contribution in [0, 0.1) is 5.92 Å². The fraction of sp³-hybridized carbons (Fsp3) is 0.933. The molecule has 2 aliphatic rings. The summed E-state index contributed by atoms with van der Waals surface area (Å²) >= 11 is 1.92. The van der Waals surface area contributed by atoms with Gasteiger partial charge in [0.2, 0.25) is 10.0 Å². The van der Waals surface area contributed by atoms with E-state index < -0.39 is 10.0 Å². The van der Waals surface area contributed by atoms with Crippen LogP contribution >= 0.6 is 11.8 Å². The van der Waals surface area contributed by atoms with Gasteiger partial charge in [0.05, 0.1) is 5.75 Å². The minimum absolute atomic E-state index is 0.0819. The molecule has 0 amide bonds.